The molecule has 2 unspecified atom stereocenters. The highest BCUT2D eigenvalue weighted by Gasteiger charge is 2.22. The average molecular weight is 321 g/mol. The highest BCUT2D eigenvalue weighted by molar-refractivity contribution is 5.66. The molecule has 0 aromatic heterocycles. The summed E-state index contributed by atoms with van der Waals surface area (Å²) in [6.07, 6.45) is 4.79. The van der Waals surface area contributed by atoms with Gasteiger partial charge >= 0.3 is 6.09 Å². The van der Waals surface area contributed by atoms with Crippen LogP contribution in [0.1, 0.15) is 50.5 Å². The van der Waals surface area contributed by atoms with Gasteiger partial charge in [-0.3, -0.25) is 0 Å². The zero-order valence-corrected chi connectivity index (χ0v) is 13.8. The van der Waals surface area contributed by atoms with Gasteiger partial charge in [0.15, 0.2) is 0 Å². The Bertz CT molecular complexity index is 474. The van der Waals surface area contributed by atoms with Crippen LogP contribution in [0.5, 0.6) is 5.75 Å². The van der Waals surface area contributed by atoms with Gasteiger partial charge < -0.3 is 19.9 Å². The topological polar surface area (TPSA) is 67.8 Å². The number of carbonyl (C=O) groups is 1. The van der Waals surface area contributed by atoms with Crippen LogP contribution in [-0.4, -0.2) is 37.1 Å². The maximum Gasteiger partial charge on any atom is 0.407 e. The lowest BCUT2D eigenvalue weighted by atomic mass is 9.89. The minimum Gasteiger partial charge on any atom is -0.492 e. The Labute approximate surface area is 138 Å². The molecule has 2 N–H and O–H groups in total. The second kappa shape index (κ2) is 9.40. The number of hydrogen-bond acceptors (Lipinski definition) is 4. The highest BCUT2D eigenvalue weighted by atomic mass is 16.5. The molecular weight excluding hydrogens is 294 g/mol. The predicted octanol–water partition coefficient (Wildman–Crippen LogP) is 3.22. The number of rotatable bonds is 6. The van der Waals surface area contributed by atoms with E-state index in [2.05, 4.69) is 5.32 Å². The number of amides is 1. The lowest BCUT2D eigenvalue weighted by molar-refractivity contribution is 0.135. The number of nitrogens with one attached hydrogen (secondary N) is 1. The van der Waals surface area contributed by atoms with Crippen LogP contribution in [0.15, 0.2) is 24.3 Å². The van der Waals surface area contributed by atoms with Crippen molar-refractivity contribution < 1.29 is 19.4 Å². The summed E-state index contributed by atoms with van der Waals surface area (Å²) in [5.74, 6) is 1.000. The number of aliphatic hydroxyl groups is 1. The molecule has 2 atom stereocenters. The van der Waals surface area contributed by atoms with Crippen molar-refractivity contribution in [3.8, 4) is 5.75 Å². The molecule has 5 nitrogen and oxygen atoms in total. The maximum atomic E-state index is 11.1. The molecule has 128 valence electrons. The van der Waals surface area contributed by atoms with Crippen LogP contribution in [0.25, 0.3) is 0 Å². The summed E-state index contributed by atoms with van der Waals surface area (Å²) >= 11 is 0. The van der Waals surface area contributed by atoms with E-state index in [1.807, 2.05) is 24.3 Å². The minimum atomic E-state index is -0.422. The van der Waals surface area contributed by atoms with Crippen molar-refractivity contribution in [3.63, 3.8) is 0 Å². The third-order valence-electron chi connectivity index (χ3n) is 4.20. The fraction of sp³-hybridized carbons (Fsp3) is 0.611. The van der Waals surface area contributed by atoms with E-state index in [0.717, 1.165) is 25.0 Å². The molecule has 1 saturated carbocycles. The van der Waals surface area contributed by atoms with Crippen molar-refractivity contribution in [2.45, 2.75) is 51.0 Å². The van der Waals surface area contributed by atoms with Gasteiger partial charge in [-0.1, -0.05) is 31.4 Å². The van der Waals surface area contributed by atoms with Gasteiger partial charge in [-0.2, -0.15) is 0 Å². The molecular formula is C18H27NO4. The summed E-state index contributed by atoms with van der Waals surface area (Å²) in [5, 5.41) is 12.9. The molecule has 1 fully saturated rings. The van der Waals surface area contributed by atoms with Gasteiger partial charge in [0, 0.05) is 5.92 Å². The average Bonchev–Trinajstić information content (AvgIpc) is 2.77. The third kappa shape index (κ3) is 5.75. The van der Waals surface area contributed by atoms with Crippen LogP contribution < -0.4 is 10.1 Å². The maximum absolute atomic E-state index is 11.1. The molecule has 0 heterocycles. The number of aliphatic hydroxyl groups excluding tert-OH is 1. The summed E-state index contributed by atoms with van der Waals surface area (Å²) in [7, 11) is 0. The van der Waals surface area contributed by atoms with Gasteiger partial charge in [0.1, 0.15) is 12.4 Å². The van der Waals surface area contributed by atoms with E-state index >= 15 is 0 Å². The highest BCUT2D eigenvalue weighted by Crippen LogP contribution is 2.32. The Morgan fingerprint density at radius 1 is 1.22 bits per heavy atom. The standard InChI is InChI=1S/C18H27NO4/c1-2-22-18(21)19-12-13-23-15-10-8-14(9-11-15)16-6-4-3-5-7-17(16)20/h8-11,16-17,20H,2-7,12-13H2,1H3,(H,19,21). The molecule has 5 heteroatoms. The normalized spacial score (nSPS) is 21.3. The van der Waals surface area contributed by atoms with E-state index < -0.39 is 6.09 Å². The molecule has 1 aliphatic carbocycles. The third-order valence-corrected chi connectivity index (χ3v) is 4.20. The van der Waals surface area contributed by atoms with Crippen LogP contribution in [0.4, 0.5) is 4.79 Å². The Hall–Kier alpha value is -1.75. The predicted molar refractivity (Wildman–Crippen MR) is 88.8 cm³/mol. The number of ether oxygens (including phenoxy) is 2. The fourth-order valence-corrected chi connectivity index (χ4v) is 2.99. The monoisotopic (exact) mass is 321 g/mol. The first-order valence-electron chi connectivity index (χ1n) is 8.52. The Morgan fingerprint density at radius 2 is 1.96 bits per heavy atom. The van der Waals surface area contributed by atoms with Gasteiger partial charge in [0.05, 0.1) is 19.3 Å². The second-order valence-electron chi connectivity index (χ2n) is 5.88. The number of hydrogen-bond donors (Lipinski definition) is 2. The molecule has 2 rings (SSSR count). The fourth-order valence-electron chi connectivity index (χ4n) is 2.99. The van der Waals surface area contributed by atoms with Crippen LogP contribution in [-0.2, 0) is 4.74 Å². The van der Waals surface area contributed by atoms with Crippen LogP contribution >= 0.6 is 0 Å². The van der Waals surface area contributed by atoms with Gasteiger partial charge in [0.25, 0.3) is 0 Å². The van der Waals surface area contributed by atoms with Crippen molar-refractivity contribution in [3.05, 3.63) is 29.8 Å². The molecule has 0 aliphatic heterocycles. The molecule has 1 aromatic rings. The molecule has 1 aromatic carbocycles. The quantitative estimate of drug-likeness (QED) is 0.623. The molecule has 0 bridgehead atoms. The van der Waals surface area contributed by atoms with Crippen LogP contribution in [0.2, 0.25) is 0 Å². The van der Waals surface area contributed by atoms with Gasteiger partial charge in [-0.05, 0) is 37.5 Å². The second-order valence-corrected chi connectivity index (χ2v) is 5.88. The van der Waals surface area contributed by atoms with Crippen LogP contribution in [0.3, 0.4) is 0 Å². The van der Waals surface area contributed by atoms with Crippen molar-refractivity contribution >= 4 is 6.09 Å². The lowest BCUT2D eigenvalue weighted by Crippen LogP contribution is -2.28. The minimum absolute atomic E-state index is 0.233. The molecule has 1 amide bonds. The van der Waals surface area contributed by atoms with Crippen molar-refractivity contribution in [1.82, 2.24) is 5.32 Å². The number of benzene rings is 1. The first kappa shape index (κ1) is 17.6. The van der Waals surface area contributed by atoms with E-state index in [1.54, 1.807) is 6.92 Å². The summed E-state index contributed by atoms with van der Waals surface area (Å²) in [6, 6.07) is 7.93. The molecule has 23 heavy (non-hydrogen) atoms. The largest absolute Gasteiger partial charge is 0.492 e. The van der Waals surface area contributed by atoms with Crippen molar-refractivity contribution in [2.75, 3.05) is 19.8 Å². The molecule has 0 saturated heterocycles. The summed E-state index contributed by atoms with van der Waals surface area (Å²) in [4.78, 5) is 11.1. The molecule has 0 spiro atoms. The van der Waals surface area contributed by atoms with E-state index in [9.17, 15) is 9.90 Å². The molecule has 0 radical (unpaired) electrons. The first-order chi connectivity index (χ1) is 11.2. The zero-order valence-electron chi connectivity index (χ0n) is 13.8. The van der Waals surface area contributed by atoms with E-state index in [1.165, 1.54) is 18.4 Å². The van der Waals surface area contributed by atoms with E-state index in [4.69, 9.17) is 9.47 Å². The Kier molecular flexibility index (Phi) is 7.20. The van der Waals surface area contributed by atoms with E-state index in [0.29, 0.717) is 19.8 Å². The summed E-state index contributed by atoms with van der Waals surface area (Å²) in [6.45, 7) is 2.93. The smallest absolute Gasteiger partial charge is 0.407 e. The lowest BCUT2D eigenvalue weighted by Gasteiger charge is -2.21. The van der Waals surface area contributed by atoms with Gasteiger partial charge in [-0.15, -0.1) is 0 Å². The first-order valence-corrected chi connectivity index (χ1v) is 8.52. The van der Waals surface area contributed by atoms with Gasteiger partial charge in [0.2, 0.25) is 0 Å². The van der Waals surface area contributed by atoms with E-state index in [-0.39, 0.29) is 12.0 Å². The summed E-state index contributed by atoms with van der Waals surface area (Å²) in [5.41, 5.74) is 1.18. The van der Waals surface area contributed by atoms with Crippen molar-refractivity contribution in [2.24, 2.45) is 0 Å². The van der Waals surface area contributed by atoms with Gasteiger partial charge in [-0.25, -0.2) is 4.79 Å². The Balaban J connectivity index is 1.78. The molecule has 1 aliphatic rings. The SMILES string of the molecule is CCOC(=O)NCCOc1ccc(C2CCCCCC2O)cc1. The van der Waals surface area contributed by atoms with Crippen LogP contribution in [0, 0.1) is 0 Å². The zero-order chi connectivity index (χ0) is 16.5. The Morgan fingerprint density at radius 3 is 2.70 bits per heavy atom. The number of alkyl carbamates (subject to hydrolysis) is 1. The number of carbonyl (C=O) groups excluding carboxylic acids is 1. The van der Waals surface area contributed by atoms with Crippen molar-refractivity contribution in [1.29, 1.82) is 0 Å². The summed E-state index contributed by atoms with van der Waals surface area (Å²) < 4.78 is 10.4.